The number of carbonyl (C=O) groups excluding carboxylic acids is 1. The highest BCUT2D eigenvalue weighted by atomic mass is 16.6. The molecule has 0 heterocycles. The first-order valence-corrected chi connectivity index (χ1v) is 7.95. The molecule has 2 rings (SSSR count). The third-order valence-corrected chi connectivity index (χ3v) is 3.79. The number of non-ortho nitro benzene ring substituents is 1. The third-order valence-electron chi connectivity index (χ3n) is 3.79. The molecule has 2 aromatic rings. The van der Waals surface area contributed by atoms with Crippen molar-refractivity contribution in [1.29, 1.82) is 0 Å². The third kappa shape index (κ3) is 5.04. The van der Waals surface area contributed by atoms with Crippen LogP contribution in [0.4, 0.5) is 11.4 Å². The number of nitrogens with one attached hydrogen (secondary N) is 1. The minimum atomic E-state index is -0.469. The minimum absolute atomic E-state index is 0.00862. The smallest absolute Gasteiger partial charge is 0.269 e. The van der Waals surface area contributed by atoms with E-state index in [0.29, 0.717) is 17.0 Å². The summed E-state index contributed by atoms with van der Waals surface area (Å²) in [6.45, 7) is 7.95. The number of hydrogen-bond acceptors (Lipinski definition) is 4. The van der Waals surface area contributed by atoms with Crippen LogP contribution in [0.25, 0.3) is 0 Å². The average molecular weight is 342 g/mol. The molecule has 25 heavy (non-hydrogen) atoms. The zero-order chi connectivity index (χ0) is 18.6. The molecule has 132 valence electrons. The SMILES string of the molecule is Cc1cc([N+](=O)[O-])ccc1NC(=O)COc1ccc(C(C)(C)C)cc1. The van der Waals surface area contributed by atoms with Gasteiger partial charge in [0.25, 0.3) is 11.6 Å². The molecule has 0 aliphatic rings. The Kier molecular flexibility index (Phi) is 5.41. The van der Waals surface area contributed by atoms with E-state index in [1.165, 1.54) is 23.8 Å². The van der Waals surface area contributed by atoms with Crippen LogP contribution in [-0.2, 0) is 10.2 Å². The summed E-state index contributed by atoms with van der Waals surface area (Å²) in [5.41, 5.74) is 2.39. The highest BCUT2D eigenvalue weighted by molar-refractivity contribution is 5.92. The van der Waals surface area contributed by atoms with E-state index in [-0.39, 0.29) is 23.6 Å². The van der Waals surface area contributed by atoms with Gasteiger partial charge in [-0.05, 0) is 41.7 Å². The molecule has 0 spiro atoms. The van der Waals surface area contributed by atoms with Crippen LogP contribution >= 0.6 is 0 Å². The van der Waals surface area contributed by atoms with Gasteiger partial charge in [-0.15, -0.1) is 0 Å². The van der Waals surface area contributed by atoms with Crippen LogP contribution in [0, 0.1) is 17.0 Å². The molecule has 0 fully saturated rings. The lowest BCUT2D eigenvalue weighted by Gasteiger charge is -2.19. The lowest BCUT2D eigenvalue weighted by atomic mass is 9.87. The zero-order valence-corrected chi connectivity index (χ0v) is 14.8. The lowest BCUT2D eigenvalue weighted by molar-refractivity contribution is -0.384. The predicted octanol–water partition coefficient (Wildman–Crippen LogP) is 4.22. The van der Waals surface area contributed by atoms with E-state index in [2.05, 4.69) is 26.1 Å². The number of nitro benzene ring substituents is 1. The number of anilines is 1. The summed E-state index contributed by atoms with van der Waals surface area (Å²) in [6.07, 6.45) is 0. The van der Waals surface area contributed by atoms with Crippen molar-refractivity contribution in [2.45, 2.75) is 33.1 Å². The van der Waals surface area contributed by atoms with Gasteiger partial charge in [0.05, 0.1) is 4.92 Å². The summed E-state index contributed by atoms with van der Waals surface area (Å²) in [5.74, 6) is 0.292. The maximum Gasteiger partial charge on any atom is 0.269 e. The first-order valence-electron chi connectivity index (χ1n) is 7.95. The second kappa shape index (κ2) is 7.34. The van der Waals surface area contributed by atoms with Crippen LogP contribution in [0.1, 0.15) is 31.9 Å². The topological polar surface area (TPSA) is 81.5 Å². The molecule has 0 aromatic heterocycles. The fourth-order valence-corrected chi connectivity index (χ4v) is 2.29. The molecule has 0 aliphatic heterocycles. The summed E-state index contributed by atoms with van der Waals surface area (Å²) in [5, 5.41) is 13.4. The molecule has 1 amide bonds. The van der Waals surface area contributed by atoms with Gasteiger partial charge in [-0.3, -0.25) is 14.9 Å². The van der Waals surface area contributed by atoms with E-state index in [4.69, 9.17) is 4.74 Å². The lowest BCUT2D eigenvalue weighted by Crippen LogP contribution is -2.20. The van der Waals surface area contributed by atoms with E-state index in [9.17, 15) is 14.9 Å². The van der Waals surface area contributed by atoms with Crippen LogP contribution in [0.2, 0.25) is 0 Å². The Bertz CT molecular complexity index is 777. The quantitative estimate of drug-likeness (QED) is 0.651. The molecule has 0 radical (unpaired) electrons. The molecule has 6 nitrogen and oxygen atoms in total. The van der Waals surface area contributed by atoms with Crippen LogP contribution < -0.4 is 10.1 Å². The molecule has 2 aromatic carbocycles. The Morgan fingerprint density at radius 1 is 1.16 bits per heavy atom. The predicted molar refractivity (Wildman–Crippen MR) is 97.1 cm³/mol. The number of hydrogen-bond donors (Lipinski definition) is 1. The standard InChI is InChI=1S/C19H22N2O4/c1-13-11-15(21(23)24)7-10-17(13)20-18(22)12-25-16-8-5-14(6-9-16)19(2,3)4/h5-11H,12H2,1-4H3,(H,20,22). The van der Waals surface area contributed by atoms with Crippen molar-refractivity contribution in [3.8, 4) is 5.75 Å². The van der Waals surface area contributed by atoms with Crippen molar-refractivity contribution in [2.24, 2.45) is 0 Å². The second-order valence-electron chi connectivity index (χ2n) is 6.87. The first-order chi connectivity index (χ1) is 11.7. The van der Waals surface area contributed by atoms with Gasteiger partial charge in [-0.1, -0.05) is 32.9 Å². The van der Waals surface area contributed by atoms with E-state index in [1.54, 1.807) is 6.92 Å². The second-order valence-corrected chi connectivity index (χ2v) is 6.87. The van der Waals surface area contributed by atoms with E-state index >= 15 is 0 Å². The minimum Gasteiger partial charge on any atom is -0.484 e. The molecule has 0 saturated heterocycles. The number of aryl methyl sites for hydroxylation is 1. The molecule has 0 bridgehead atoms. The van der Waals surface area contributed by atoms with Gasteiger partial charge in [0.1, 0.15) is 5.75 Å². The highest BCUT2D eigenvalue weighted by Crippen LogP contribution is 2.24. The average Bonchev–Trinajstić information content (AvgIpc) is 2.54. The van der Waals surface area contributed by atoms with Gasteiger partial charge in [-0.2, -0.15) is 0 Å². The Morgan fingerprint density at radius 3 is 2.32 bits per heavy atom. The summed E-state index contributed by atoms with van der Waals surface area (Å²) in [4.78, 5) is 22.3. The molecule has 6 heteroatoms. The number of nitrogens with zero attached hydrogens (tertiary/aromatic N) is 1. The molecule has 0 unspecified atom stereocenters. The highest BCUT2D eigenvalue weighted by Gasteiger charge is 2.14. The molecular weight excluding hydrogens is 320 g/mol. The van der Waals surface area contributed by atoms with Crippen molar-refractivity contribution in [2.75, 3.05) is 11.9 Å². The Hall–Kier alpha value is -2.89. The number of carbonyl (C=O) groups is 1. The van der Waals surface area contributed by atoms with Gasteiger partial charge in [0.15, 0.2) is 6.61 Å². The van der Waals surface area contributed by atoms with E-state index < -0.39 is 4.92 Å². The number of nitro groups is 1. The van der Waals surface area contributed by atoms with Crippen molar-refractivity contribution >= 4 is 17.3 Å². The Morgan fingerprint density at radius 2 is 1.80 bits per heavy atom. The van der Waals surface area contributed by atoms with Crippen LogP contribution in [0.5, 0.6) is 5.75 Å². The molecule has 0 atom stereocenters. The number of benzene rings is 2. The van der Waals surface area contributed by atoms with Crippen LogP contribution in [0.3, 0.4) is 0 Å². The largest absolute Gasteiger partial charge is 0.484 e. The van der Waals surface area contributed by atoms with Crippen LogP contribution in [-0.4, -0.2) is 17.4 Å². The molecule has 0 saturated carbocycles. The monoisotopic (exact) mass is 342 g/mol. The maximum atomic E-state index is 12.0. The van der Waals surface area contributed by atoms with Gasteiger partial charge in [-0.25, -0.2) is 0 Å². The maximum absolute atomic E-state index is 12.0. The summed E-state index contributed by atoms with van der Waals surface area (Å²) in [7, 11) is 0. The summed E-state index contributed by atoms with van der Waals surface area (Å²) < 4.78 is 5.49. The summed E-state index contributed by atoms with van der Waals surface area (Å²) >= 11 is 0. The van der Waals surface area contributed by atoms with Crippen molar-refractivity contribution in [1.82, 2.24) is 0 Å². The normalized spacial score (nSPS) is 11.0. The molecular formula is C19H22N2O4. The van der Waals surface area contributed by atoms with Crippen molar-refractivity contribution in [3.05, 3.63) is 63.7 Å². The zero-order valence-electron chi connectivity index (χ0n) is 14.8. The molecule has 1 N–H and O–H groups in total. The van der Waals surface area contributed by atoms with E-state index in [1.807, 2.05) is 24.3 Å². The fraction of sp³-hybridized carbons (Fsp3) is 0.316. The number of rotatable bonds is 5. The first kappa shape index (κ1) is 18.4. The van der Waals surface area contributed by atoms with Gasteiger partial charge in [0, 0.05) is 17.8 Å². The Balaban J connectivity index is 1.94. The van der Waals surface area contributed by atoms with Gasteiger partial charge >= 0.3 is 0 Å². The summed E-state index contributed by atoms with van der Waals surface area (Å²) in [6, 6.07) is 11.9. The van der Waals surface area contributed by atoms with Crippen LogP contribution in [0.15, 0.2) is 42.5 Å². The fourth-order valence-electron chi connectivity index (χ4n) is 2.29. The Labute approximate surface area is 147 Å². The van der Waals surface area contributed by atoms with Crippen molar-refractivity contribution < 1.29 is 14.5 Å². The molecule has 0 aliphatic carbocycles. The number of amides is 1. The van der Waals surface area contributed by atoms with Crippen molar-refractivity contribution in [3.63, 3.8) is 0 Å². The van der Waals surface area contributed by atoms with Gasteiger partial charge < -0.3 is 10.1 Å². The number of ether oxygens (including phenoxy) is 1. The van der Waals surface area contributed by atoms with E-state index in [0.717, 1.165) is 0 Å². The van der Waals surface area contributed by atoms with Gasteiger partial charge in [0.2, 0.25) is 0 Å².